The quantitative estimate of drug-likeness (QED) is 0.405. The summed E-state index contributed by atoms with van der Waals surface area (Å²) < 4.78 is 47.7. The molecule has 0 N–H and O–H groups in total. The Kier molecular flexibility index (Phi) is 4.68. The van der Waals surface area contributed by atoms with Crippen LogP contribution in [-0.2, 0) is 6.42 Å². The number of nitrogens with zero attached hydrogens (tertiary/aromatic N) is 3. The molecular weight excluding hydrogens is 403 g/mol. The summed E-state index contributed by atoms with van der Waals surface area (Å²) in [6, 6.07) is 11.7. The number of aromatic nitrogens is 3. The van der Waals surface area contributed by atoms with Gasteiger partial charge in [0.25, 0.3) is 0 Å². The summed E-state index contributed by atoms with van der Waals surface area (Å²) in [6.07, 6.45) is 3.13. The minimum Gasteiger partial charge on any atom is -0.434 e. The highest BCUT2D eigenvalue weighted by atomic mass is 19.3. The maximum atomic E-state index is 15.0. The minimum atomic E-state index is -2.90. The van der Waals surface area contributed by atoms with Crippen LogP contribution in [0.1, 0.15) is 35.1 Å². The number of pyridine rings is 1. The molecule has 0 aliphatic carbocycles. The number of fused-ring (bicyclic) bond motifs is 3. The van der Waals surface area contributed by atoms with Gasteiger partial charge in [-0.25, -0.2) is 9.37 Å². The topological polar surface area (TPSA) is 39.9 Å². The first kappa shape index (κ1) is 19.6. The first-order chi connectivity index (χ1) is 14.9. The van der Waals surface area contributed by atoms with Crippen LogP contribution in [0.15, 0.2) is 48.7 Å². The lowest BCUT2D eigenvalue weighted by atomic mass is 10.0. The molecule has 0 saturated heterocycles. The summed E-state index contributed by atoms with van der Waals surface area (Å²) in [5.41, 5.74) is 4.83. The van der Waals surface area contributed by atoms with E-state index in [9.17, 15) is 8.78 Å². The Balaban J connectivity index is 1.68. The molecule has 1 atom stereocenters. The Bertz CT molecular complexity index is 1300. The fraction of sp³-hybridized carbons (Fsp3) is 0.250. The van der Waals surface area contributed by atoms with Gasteiger partial charge in [0, 0.05) is 41.1 Å². The molecule has 1 aliphatic rings. The molecule has 0 fully saturated rings. The van der Waals surface area contributed by atoms with Crippen LogP contribution in [0.3, 0.4) is 0 Å². The van der Waals surface area contributed by atoms with Gasteiger partial charge >= 0.3 is 6.61 Å². The molecule has 0 radical (unpaired) electrons. The summed E-state index contributed by atoms with van der Waals surface area (Å²) >= 11 is 0. The number of hydrogen-bond donors (Lipinski definition) is 0. The molecule has 0 saturated carbocycles. The molecule has 0 amide bonds. The van der Waals surface area contributed by atoms with Crippen LogP contribution in [0.25, 0.3) is 22.2 Å². The van der Waals surface area contributed by atoms with Gasteiger partial charge in [0.1, 0.15) is 17.4 Å². The van der Waals surface area contributed by atoms with E-state index in [4.69, 9.17) is 4.74 Å². The smallest absolute Gasteiger partial charge is 0.387 e. The molecule has 2 aromatic carbocycles. The largest absolute Gasteiger partial charge is 0.434 e. The minimum absolute atomic E-state index is 0.151. The Morgan fingerprint density at radius 1 is 1.10 bits per heavy atom. The number of para-hydroxylation sites is 1. The highest BCUT2D eigenvalue weighted by Gasteiger charge is 2.30. The molecule has 3 heterocycles. The van der Waals surface area contributed by atoms with E-state index in [0.29, 0.717) is 29.5 Å². The fourth-order valence-corrected chi connectivity index (χ4v) is 4.46. The summed E-state index contributed by atoms with van der Waals surface area (Å²) in [6.45, 7) is 0.859. The van der Waals surface area contributed by atoms with Crippen molar-refractivity contribution in [3.8, 4) is 16.9 Å². The van der Waals surface area contributed by atoms with Crippen molar-refractivity contribution in [1.29, 1.82) is 0 Å². The zero-order valence-electron chi connectivity index (χ0n) is 17.1. The molecule has 5 rings (SSSR count). The molecular formula is C24H20F3N3O. The van der Waals surface area contributed by atoms with Crippen molar-refractivity contribution in [2.24, 2.45) is 0 Å². The van der Waals surface area contributed by atoms with E-state index in [1.54, 1.807) is 36.5 Å². The van der Waals surface area contributed by atoms with Gasteiger partial charge in [-0.3, -0.25) is 4.98 Å². The van der Waals surface area contributed by atoms with Gasteiger partial charge in [-0.1, -0.05) is 18.2 Å². The molecule has 158 valence electrons. The standard InChI is InChI=1S/C24H20F3N3O/c1-13-9-16(14(2)28-12-13)17-10-21-19(11-18(17)25)29-23-8-7-20(30(21)23)15-5-3-4-6-22(15)31-24(26)27/h3-6,9-12,20,24H,7-8H2,1-2H3/t20-/m1/s1. The Labute approximate surface area is 177 Å². The van der Waals surface area contributed by atoms with Crippen molar-refractivity contribution in [1.82, 2.24) is 14.5 Å². The highest BCUT2D eigenvalue weighted by molar-refractivity contribution is 5.84. The van der Waals surface area contributed by atoms with Gasteiger partial charge in [0.15, 0.2) is 0 Å². The maximum absolute atomic E-state index is 15.0. The zero-order chi connectivity index (χ0) is 21.7. The van der Waals surface area contributed by atoms with Crippen molar-refractivity contribution in [3.63, 3.8) is 0 Å². The molecule has 4 aromatic rings. The number of aryl methyl sites for hydroxylation is 3. The number of alkyl halides is 2. The van der Waals surface area contributed by atoms with E-state index in [1.807, 2.05) is 24.5 Å². The molecule has 7 heteroatoms. The van der Waals surface area contributed by atoms with Crippen LogP contribution >= 0.6 is 0 Å². The molecule has 0 bridgehead atoms. The van der Waals surface area contributed by atoms with Crippen LogP contribution in [0.2, 0.25) is 0 Å². The van der Waals surface area contributed by atoms with Crippen LogP contribution in [-0.4, -0.2) is 21.1 Å². The van der Waals surface area contributed by atoms with E-state index in [0.717, 1.165) is 28.2 Å². The molecule has 2 aromatic heterocycles. The third-order valence-electron chi connectivity index (χ3n) is 5.81. The monoisotopic (exact) mass is 423 g/mol. The second-order valence-electron chi connectivity index (χ2n) is 7.84. The summed E-state index contributed by atoms with van der Waals surface area (Å²) in [5.74, 6) is 0.596. The number of hydrogen-bond acceptors (Lipinski definition) is 3. The highest BCUT2D eigenvalue weighted by Crippen LogP contribution is 2.41. The number of halogens is 3. The second kappa shape index (κ2) is 7.41. The van der Waals surface area contributed by atoms with Gasteiger partial charge in [-0.2, -0.15) is 8.78 Å². The molecule has 0 spiro atoms. The third-order valence-corrected chi connectivity index (χ3v) is 5.81. The first-order valence-corrected chi connectivity index (χ1v) is 10.1. The van der Waals surface area contributed by atoms with Crippen LogP contribution < -0.4 is 4.74 Å². The summed E-state index contributed by atoms with van der Waals surface area (Å²) in [4.78, 5) is 8.97. The van der Waals surface area contributed by atoms with E-state index in [-0.39, 0.29) is 17.6 Å². The average molecular weight is 423 g/mol. The van der Waals surface area contributed by atoms with Gasteiger partial charge in [0.05, 0.1) is 17.1 Å². The van der Waals surface area contributed by atoms with E-state index in [1.165, 1.54) is 6.07 Å². The lowest BCUT2D eigenvalue weighted by molar-refractivity contribution is -0.0506. The van der Waals surface area contributed by atoms with Crippen molar-refractivity contribution in [3.05, 3.63) is 77.1 Å². The molecule has 1 aliphatic heterocycles. The SMILES string of the molecule is Cc1cnc(C)c(-c2cc3c(cc2F)nc2n3[C@@H](c3ccccc3OC(F)F)CC2)c1. The van der Waals surface area contributed by atoms with Crippen molar-refractivity contribution in [2.75, 3.05) is 0 Å². The summed E-state index contributed by atoms with van der Waals surface area (Å²) in [5, 5.41) is 0. The fourth-order valence-electron chi connectivity index (χ4n) is 4.46. The summed E-state index contributed by atoms with van der Waals surface area (Å²) in [7, 11) is 0. The van der Waals surface area contributed by atoms with Gasteiger partial charge < -0.3 is 9.30 Å². The van der Waals surface area contributed by atoms with E-state index < -0.39 is 6.61 Å². The first-order valence-electron chi connectivity index (χ1n) is 10.1. The number of benzene rings is 2. The normalized spacial score (nSPS) is 15.6. The van der Waals surface area contributed by atoms with Crippen molar-refractivity contribution >= 4 is 11.0 Å². The predicted molar refractivity (Wildman–Crippen MR) is 112 cm³/mol. The van der Waals surface area contributed by atoms with Crippen LogP contribution in [0.4, 0.5) is 13.2 Å². The maximum Gasteiger partial charge on any atom is 0.387 e. The predicted octanol–water partition coefficient (Wildman–Crippen LogP) is 5.99. The van der Waals surface area contributed by atoms with Crippen LogP contribution in [0, 0.1) is 19.7 Å². The molecule has 31 heavy (non-hydrogen) atoms. The lowest BCUT2D eigenvalue weighted by Gasteiger charge is -2.19. The molecule has 4 nitrogen and oxygen atoms in total. The van der Waals surface area contributed by atoms with E-state index >= 15 is 4.39 Å². The van der Waals surface area contributed by atoms with Gasteiger partial charge in [-0.15, -0.1) is 0 Å². The second-order valence-corrected chi connectivity index (χ2v) is 7.84. The Morgan fingerprint density at radius 3 is 2.71 bits per heavy atom. The van der Waals surface area contributed by atoms with Gasteiger partial charge in [-0.05, 0) is 44.0 Å². The zero-order valence-corrected chi connectivity index (χ0v) is 17.1. The number of imidazole rings is 1. The number of rotatable bonds is 4. The number of ether oxygens (including phenoxy) is 1. The van der Waals surface area contributed by atoms with Crippen LogP contribution in [0.5, 0.6) is 5.75 Å². The molecule has 0 unspecified atom stereocenters. The van der Waals surface area contributed by atoms with Crippen molar-refractivity contribution < 1.29 is 17.9 Å². The average Bonchev–Trinajstić information content (AvgIpc) is 3.28. The van der Waals surface area contributed by atoms with Crippen molar-refractivity contribution in [2.45, 2.75) is 39.3 Å². The third kappa shape index (κ3) is 3.34. The Morgan fingerprint density at radius 2 is 1.90 bits per heavy atom. The van der Waals surface area contributed by atoms with E-state index in [2.05, 4.69) is 9.97 Å². The Hall–Kier alpha value is -3.35. The van der Waals surface area contributed by atoms with Gasteiger partial charge in [0.2, 0.25) is 0 Å². The lowest BCUT2D eigenvalue weighted by Crippen LogP contribution is -2.10.